The number of halogens is 1. The van der Waals surface area contributed by atoms with E-state index < -0.39 is 17.8 Å². The SMILES string of the molecule is CCCOc1ccc(CN2C(=O)NC(=O)/C(=C\c3ccc(OCc4ccccc4F)cc3)C2=O)cc1OC. The van der Waals surface area contributed by atoms with E-state index in [9.17, 15) is 18.8 Å². The van der Waals surface area contributed by atoms with E-state index in [1.807, 2.05) is 6.92 Å². The number of rotatable bonds is 10. The standard InChI is InChI=1S/C29H27FN2O6/c1-3-14-37-25-13-10-20(16-26(25)36-2)17-32-28(34)23(27(33)31-29(32)35)15-19-8-11-22(12-9-19)38-18-21-6-4-5-7-24(21)30/h4-13,15-16H,3,14,17-18H2,1-2H3,(H,31,33,35)/b23-15+. The fourth-order valence-electron chi connectivity index (χ4n) is 3.77. The van der Waals surface area contributed by atoms with E-state index in [-0.39, 0.29) is 24.5 Å². The molecule has 0 unspecified atom stereocenters. The zero-order chi connectivity index (χ0) is 27.1. The average molecular weight is 519 g/mol. The van der Waals surface area contributed by atoms with E-state index in [0.717, 1.165) is 11.3 Å². The molecule has 9 heteroatoms. The average Bonchev–Trinajstić information content (AvgIpc) is 2.92. The number of urea groups is 1. The first-order valence-corrected chi connectivity index (χ1v) is 12.0. The Bertz CT molecular complexity index is 1370. The van der Waals surface area contributed by atoms with Gasteiger partial charge in [-0.25, -0.2) is 9.18 Å². The van der Waals surface area contributed by atoms with Gasteiger partial charge in [0.15, 0.2) is 11.5 Å². The molecule has 1 N–H and O–H groups in total. The summed E-state index contributed by atoms with van der Waals surface area (Å²) in [5.41, 5.74) is 1.42. The van der Waals surface area contributed by atoms with Gasteiger partial charge in [0, 0.05) is 5.56 Å². The van der Waals surface area contributed by atoms with Crippen LogP contribution in [-0.2, 0) is 22.7 Å². The van der Waals surface area contributed by atoms with E-state index in [1.54, 1.807) is 60.7 Å². The number of nitrogens with zero attached hydrogens (tertiary/aromatic N) is 1. The van der Waals surface area contributed by atoms with Gasteiger partial charge in [0.25, 0.3) is 11.8 Å². The Hall–Kier alpha value is -4.66. The first kappa shape index (κ1) is 26.4. The first-order valence-electron chi connectivity index (χ1n) is 12.0. The van der Waals surface area contributed by atoms with Gasteiger partial charge in [0.2, 0.25) is 0 Å². The quantitative estimate of drug-likeness (QED) is 0.304. The number of carbonyl (C=O) groups excluding carboxylic acids is 3. The zero-order valence-electron chi connectivity index (χ0n) is 21.0. The maximum Gasteiger partial charge on any atom is 0.331 e. The highest BCUT2D eigenvalue weighted by Gasteiger charge is 2.35. The summed E-state index contributed by atoms with van der Waals surface area (Å²) in [5.74, 6) is -0.323. The van der Waals surface area contributed by atoms with Crippen molar-refractivity contribution in [1.82, 2.24) is 10.2 Å². The van der Waals surface area contributed by atoms with Crippen LogP contribution in [-0.4, -0.2) is 36.5 Å². The van der Waals surface area contributed by atoms with Crippen LogP contribution < -0.4 is 19.5 Å². The summed E-state index contributed by atoms with van der Waals surface area (Å²) in [6, 6.07) is 17.3. The molecule has 0 radical (unpaired) electrons. The van der Waals surface area contributed by atoms with E-state index in [1.165, 1.54) is 19.3 Å². The van der Waals surface area contributed by atoms with E-state index in [4.69, 9.17) is 14.2 Å². The number of imide groups is 2. The summed E-state index contributed by atoms with van der Waals surface area (Å²) in [5, 5.41) is 2.22. The van der Waals surface area contributed by atoms with Gasteiger partial charge in [-0.2, -0.15) is 0 Å². The molecule has 0 aromatic heterocycles. The Morgan fingerprint density at radius 2 is 1.71 bits per heavy atom. The number of hydrogen-bond donors (Lipinski definition) is 1. The van der Waals surface area contributed by atoms with Crippen molar-refractivity contribution in [2.24, 2.45) is 0 Å². The lowest BCUT2D eigenvalue weighted by molar-refractivity contribution is -0.130. The van der Waals surface area contributed by atoms with Gasteiger partial charge in [-0.15, -0.1) is 0 Å². The lowest BCUT2D eigenvalue weighted by Gasteiger charge is -2.26. The monoisotopic (exact) mass is 518 g/mol. The Labute approximate surface area is 219 Å². The number of carbonyl (C=O) groups is 3. The molecule has 3 aromatic rings. The van der Waals surface area contributed by atoms with Crippen LogP contribution in [0.3, 0.4) is 0 Å². The Morgan fingerprint density at radius 1 is 0.947 bits per heavy atom. The van der Waals surface area contributed by atoms with Crippen molar-refractivity contribution in [3.05, 3.63) is 94.8 Å². The van der Waals surface area contributed by atoms with Gasteiger partial charge in [-0.05, 0) is 54.0 Å². The Morgan fingerprint density at radius 3 is 2.42 bits per heavy atom. The molecule has 0 atom stereocenters. The normalized spacial score (nSPS) is 14.4. The van der Waals surface area contributed by atoms with Crippen LogP contribution in [0.4, 0.5) is 9.18 Å². The third-order valence-electron chi connectivity index (χ3n) is 5.76. The molecule has 0 bridgehead atoms. The summed E-state index contributed by atoms with van der Waals surface area (Å²) in [4.78, 5) is 39.1. The van der Waals surface area contributed by atoms with Crippen molar-refractivity contribution >= 4 is 23.9 Å². The lowest BCUT2D eigenvalue weighted by Crippen LogP contribution is -2.53. The smallest absolute Gasteiger partial charge is 0.331 e. The number of benzene rings is 3. The summed E-state index contributed by atoms with van der Waals surface area (Å²) >= 11 is 0. The highest BCUT2D eigenvalue weighted by molar-refractivity contribution is 6.30. The third-order valence-corrected chi connectivity index (χ3v) is 5.76. The van der Waals surface area contributed by atoms with E-state index >= 15 is 0 Å². The van der Waals surface area contributed by atoms with Gasteiger partial charge >= 0.3 is 6.03 Å². The van der Waals surface area contributed by atoms with Crippen LogP contribution in [0.25, 0.3) is 6.08 Å². The molecule has 1 aliphatic rings. The number of ether oxygens (including phenoxy) is 3. The molecule has 4 amide bonds. The van der Waals surface area contributed by atoms with Gasteiger partial charge in [-0.3, -0.25) is 19.8 Å². The second-order valence-electron chi connectivity index (χ2n) is 8.49. The van der Waals surface area contributed by atoms with E-state index in [2.05, 4.69) is 5.32 Å². The van der Waals surface area contributed by atoms with Crippen molar-refractivity contribution in [1.29, 1.82) is 0 Å². The molecule has 1 fully saturated rings. The van der Waals surface area contributed by atoms with Gasteiger partial charge in [0.1, 0.15) is 23.7 Å². The topological polar surface area (TPSA) is 94.2 Å². The lowest BCUT2D eigenvalue weighted by atomic mass is 10.1. The number of hydrogen-bond acceptors (Lipinski definition) is 6. The molecule has 1 saturated heterocycles. The molecule has 8 nitrogen and oxygen atoms in total. The molecule has 38 heavy (non-hydrogen) atoms. The predicted octanol–water partition coefficient (Wildman–Crippen LogP) is 4.86. The first-order chi connectivity index (χ1) is 18.4. The molecule has 0 spiro atoms. The number of nitrogens with one attached hydrogen (secondary N) is 1. The maximum absolute atomic E-state index is 13.8. The minimum absolute atomic E-state index is 0.0571. The van der Waals surface area contributed by atoms with Crippen LogP contribution in [0.2, 0.25) is 0 Å². The number of methoxy groups -OCH3 is 1. The van der Waals surface area contributed by atoms with Crippen LogP contribution in [0.15, 0.2) is 72.3 Å². The molecule has 1 aliphatic heterocycles. The molecule has 196 valence electrons. The minimum atomic E-state index is -0.806. The fraction of sp³-hybridized carbons (Fsp3) is 0.207. The number of amides is 4. The number of barbiturate groups is 1. The van der Waals surface area contributed by atoms with Gasteiger partial charge in [-0.1, -0.05) is 43.3 Å². The molecule has 3 aromatic carbocycles. The minimum Gasteiger partial charge on any atom is -0.493 e. The van der Waals surface area contributed by atoms with Crippen LogP contribution in [0.1, 0.15) is 30.0 Å². The van der Waals surface area contributed by atoms with Crippen molar-refractivity contribution in [3.63, 3.8) is 0 Å². The maximum atomic E-state index is 13.8. The summed E-state index contributed by atoms with van der Waals surface area (Å²) in [6.45, 7) is 2.51. The molecule has 1 heterocycles. The molecular formula is C29H27FN2O6. The van der Waals surface area contributed by atoms with Gasteiger partial charge in [0.05, 0.1) is 20.3 Å². The fourth-order valence-corrected chi connectivity index (χ4v) is 3.77. The van der Waals surface area contributed by atoms with Crippen LogP contribution in [0.5, 0.6) is 17.2 Å². The van der Waals surface area contributed by atoms with Crippen molar-refractivity contribution in [3.8, 4) is 17.2 Å². The largest absolute Gasteiger partial charge is 0.493 e. The second-order valence-corrected chi connectivity index (χ2v) is 8.49. The summed E-state index contributed by atoms with van der Waals surface area (Å²) in [7, 11) is 1.51. The highest BCUT2D eigenvalue weighted by Crippen LogP contribution is 2.29. The van der Waals surface area contributed by atoms with Gasteiger partial charge < -0.3 is 14.2 Å². The van der Waals surface area contributed by atoms with Crippen LogP contribution >= 0.6 is 0 Å². The summed E-state index contributed by atoms with van der Waals surface area (Å²) < 4.78 is 30.4. The molecular weight excluding hydrogens is 491 g/mol. The highest BCUT2D eigenvalue weighted by atomic mass is 19.1. The second kappa shape index (κ2) is 12.1. The molecule has 0 saturated carbocycles. The Balaban J connectivity index is 1.47. The summed E-state index contributed by atoms with van der Waals surface area (Å²) in [6.07, 6.45) is 2.24. The zero-order valence-corrected chi connectivity index (χ0v) is 21.0. The van der Waals surface area contributed by atoms with Crippen LogP contribution in [0, 0.1) is 5.82 Å². The van der Waals surface area contributed by atoms with Crippen molar-refractivity contribution in [2.45, 2.75) is 26.5 Å². The van der Waals surface area contributed by atoms with E-state index in [0.29, 0.717) is 40.5 Å². The molecule has 0 aliphatic carbocycles. The van der Waals surface area contributed by atoms with Crippen molar-refractivity contribution < 1.29 is 33.0 Å². The Kier molecular flexibility index (Phi) is 8.37. The predicted molar refractivity (Wildman–Crippen MR) is 138 cm³/mol. The van der Waals surface area contributed by atoms with Crippen molar-refractivity contribution in [2.75, 3.05) is 13.7 Å². The third kappa shape index (κ3) is 6.18. The molecule has 4 rings (SSSR count).